The first-order valence-electron chi connectivity index (χ1n) is 14.5. The molecule has 0 radical (unpaired) electrons. The molecule has 2 atom stereocenters. The molecule has 0 aliphatic carbocycles. The Hall–Kier alpha value is -3.58. The molecule has 0 fully saturated rings. The van der Waals surface area contributed by atoms with Gasteiger partial charge < -0.3 is 14.8 Å². The van der Waals surface area contributed by atoms with Crippen molar-refractivity contribution in [2.24, 2.45) is 0 Å². The molecule has 1 amide bonds. The zero-order valence-corrected chi connectivity index (χ0v) is 24.1. The third-order valence-corrected chi connectivity index (χ3v) is 7.81. The highest BCUT2D eigenvalue weighted by molar-refractivity contribution is 5.87. The highest BCUT2D eigenvalue weighted by Gasteiger charge is 2.32. The van der Waals surface area contributed by atoms with Gasteiger partial charge >= 0.3 is 6.18 Å². The Morgan fingerprint density at radius 1 is 0.951 bits per heavy atom. The first-order valence-corrected chi connectivity index (χ1v) is 14.5. The summed E-state index contributed by atoms with van der Waals surface area (Å²) >= 11 is 0. The predicted molar refractivity (Wildman–Crippen MR) is 160 cm³/mol. The van der Waals surface area contributed by atoms with Crippen LogP contribution in [0.5, 0.6) is 0 Å². The summed E-state index contributed by atoms with van der Waals surface area (Å²) < 4.78 is 43.2. The lowest BCUT2D eigenvalue weighted by Crippen LogP contribution is -2.34. The molecular weight excluding hydrogens is 523 g/mol. The van der Waals surface area contributed by atoms with E-state index in [-0.39, 0.29) is 18.4 Å². The van der Waals surface area contributed by atoms with E-state index in [9.17, 15) is 18.0 Å². The number of amides is 1. The van der Waals surface area contributed by atoms with Crippen LogP contribution in [-0.4, -0.2) is 41.1 Å². The van der Waals surface area contributed by atoms with Crippen LogP contribution in [0.25, 0.3) is 10.9 Å². The molecule has 4 nitrogen and oxygen atoms in total. The second-order valence-electron chi connectivity index (χ2n) is 10.7. The first-order chi connectivity index (χ1) is 19.7. The molecule has 0 bridgehead atoms. The Morgan fingerprint density at radius 2 is 1.66 bits per heavy atom. The number of hydrogen-bond donors (Lipinski definition) is 1. The summed E-state index contributed by atoms with van der Waals surface area (Å²) in [4.78, 5) is 15.7. The van der Waals surface area contributed by atoms with Gasteiger partial charge in [0.05, 0.1) is 5.56 Å². The summed E-state index contributed by atoms with van der Waals surface area (Å²) in [5, 5.41) is 4.05. The molecule has 218 valence electrons. The van der Waals surface area contributed by atoms with E-state index < -0.39 is 17.7 Å². The van der Waals surface area contributed by atoms with Crippen molar-refractivity contribution in [2.45, 2.75) is 64.7 Å². The maximum atomic E-state index is 13.7. The van der Waals surface area contributed by atoms with Gasteiger partial charge in [0, 0.05) is 42.0 Å². The van der Waals surface area contributed by atoms with Gasteiger partial charge in [-0.3, -0.25) is 4.79 Å². The molecule has 0 spiro atoms. The average molecular weight is 564 g/mol. The van der Waals surface area contributed by atoms with E-state index in [1.807, 2.05) is 67.7 Å². The van der Waals surface area contributed by atoms with E-state index in [1.165, 1.54) is 12.1 Å². The van der Waals surface area contributed by atoms with Crippen LogP contribution in [0.4, 0.5) is 13.2 Å². The Morgan fingerprint density at radius 3 is 2.37 bits per heavy atom. The number of aromatic nitrogens is 1. The summed E-state index contributed by atoms with van der Waals surface area (Å²) in [7, 11) is 0. The Balaban J connectivity index is 1.64. The van der Waals surface area contributed by atoms with Crippen LogP contribution in [0, 0.1) is 0 Å². The molecule has 0 saturated carbocycles. The number of alkyl halides is 3. The van der Waals surface area contributed by atoms with Crippen LogP contribution in [0.1, 0.15) is 68.2 Å². The van der Waals surface area contributed by atoms with E-state index in [0.717, 1.165) is 60.6 Å². The summed E-state index contributed by atoms with van der Waals surface area (Å²) in [6.07, 6.45) is -0.603. The number of carbonyl (C=O) groups is 1. The highest BCUT2D eigenvalue weighted by Crippen LogP contribution is 2.38. The third-order valence-electron chi connectivity index (χ3n) is 7.81. The van der Waals surface area contributed by atoms with Crippen LogP contribution in [0.2, 0.25) is 0 Å². The number of rotatable bonds is 13. The number of nitrogens with one attached hydrogen (secondary N) is 1. The van der Waals surface area contributed by atoms with Crippen LogP contribution in [0.15, 0.2) is 85.1 Å². The molecule has 1 heterocycles. The SMILES string of the molecule is CCN(CC)CCC[C@H](C)NC(=O)C[C@@H](c1cccc(C(F)(F)F)c1)c1cn(Cc2ccccc2)c2ccccc12. The van der Waals surface area contributed by atoms with E-state index in [4.69, 9.17) is 0 Å². The van der Waals surface area contributed by atoms with Crippen molar-refractivity contribution in [3.05, 3.63) is 107 Å². The fraction of sp³-hybridized carbons (Fsp3) is 0.382. The van der Waals surface area contributed by atoms with Crippen molar-refractivity contribution in [1.82, 2.24) is 14.8 Å². The third kappa shape index (κ3) is 8.00. The molecule has 3 aromatic carbocycles. The summed E-state index contributed by atoms with van der Waals surface area (Å²) in [6.45, 7) is 9.85. The van der Waals surface area contributed by atoms with Gasteiger partial charge in [0.15, 0.2) is 0 Å². The number of nitrogens with zero attached hydrogens (tertiary/aromatic N) is 2. The smallest absolute Gasteiger partial charge is 0.354 e. The summed E-state index contributed by atoms with van der Waals surface area (Å²) in [5.74, 6) is -0.704. The van der Waals surface area contributed by atoms with Gasteiger partial charge in [0.1, 0.15) is 0 Å². The molecule has 1 N–H and O–H groups in total. The lowest BCUT2D eigenvalue weighted by Gasteiger charge is -2.22. The minimum absolute atomic E-state index is 0.0281. The van der Waals surface area contributed by atoms with Gasteiger partial charge in [-0.2, -0.15) is 13.2 Å². The Kier molecular flexibility index (Phi) is 10.3. The molecule has 41 heavy (non-hydrogen) atoms. The van der Waals surface area contributed by atoms with Gasteiger partial charge in [-0.1, -0.05) is 80.6 Å². The average Bonchev–Trinajstić information content (AvgIpc) is 3.32. The van der Waals surface area contributed by atoms with Gasteiger partial charge in [-0.15, -0.1) is 0 Å². The number of carbonyl (C=O) groups excluding carboxylic acids is 1. The maximum absolute atomic E-state index is 13.7. The van der Waals surface area contributed by atoms with Crippen molar-refractivity contribution in [3.63, 3.8) is 0 Å². The van der Waals surface area contributed by atoms with Crippen molar-refractivity contribution < 1.29 is 18.0 Å². The minimum Gasteiger partial charge on any atom is -0.354 e. The largest absolute Gasteiger partial charge is 0.416 e. The number of fused-ring (bicyclic) bond motifs is 1. The van der Waals surface area contributed by atoms with Crippen LogP contribution < -0.4 is 5.32 Å². The first kappa shape index (κ1) is 30.4. The molecular formula is C34H40F3N3O. The van der Waals surface area contributed by atoms with Crippen LogP contribution in [-0.2, 0) is 17.5 Å². The van der Waals surface area contributed by atoms with Gasteiger partial charge in [-0.05, 0) is 68.2 Å². The standard InChI is InChI=1S/C34H40F3N3O/c1-4-39(5-2)20-12-13-25(3)38-33(41)22-30(27-16-11-17-28(21-27)34(35,36)37)31-24-40(23-26-14-7-6-8-15-26)32-19-10-9-18-29(31)32/h6-11,14-19,21,24-25,30H,4-5,12-13,20,22-23H2,1-3H3,(H,38,41)/t25-,30-/m0/s1. The van der Waals surface area contributed by atoms with E-state index >= 15 is 0 Å². The zero-order chi connectivity index (χ0) is 29.4. The van der Waals surface area contributed by atoms with E-state index in [2.05, 4.69) is 28.6 Å². The monoisotopic (exact) mass is 563 g/mol. The molecule has 7 heteroatoms. The molecule has 0 aliphatic heterocycles. The van der Waals surface area contributed by atoms with Crippen molar-refractivity contribution in [2.75, 3.05) is 19.6 Å². The zero-order valence-electron chi connectivity index (χ0n) is 24.1. The molecule has 4 aromatic rings. The van der Waals surface area contributed by atoms with Crippen molar-refractivity contribution >= 4 is 16.8 Å². The Labute approximate surface area is 241 Å². The van der Waals surface area contributed by atoms with Crippen LogP contribution >= 0.6 is 0 Å². The fourth-order valence-electron chi connectivity index (χ4n) is 5.56. The molecule has 4 rings (SSSR count). The molecule has 0 aliphatic rings. The number of hydrogen-bond acceptors (Lipinski definition) is 2. The normalized spacial score (nSPS) is 13.4. The van der Waals surface area contributed by atoms with Gasteiger partial charge in [-0.25, -0.2) is 0 Å². The maximum Gasteiger partial charge on any atom is 0.416 e. The lowest BCUT2D eigenvalue weighted by atomic mass is 9.87. The minimum atomic E-state index is -4.47. The van der Waals surface area contributed by atoms with Crippen LogP contribution in [0.3, 0.4) is 0 Å². The summed E-state index contributed by atoms with van der Waals surface area (Å²) in [5.41, 5.74) is 2.71. The lowest BCUT2D eigenvalue weighted by molar-refractivity contribution is -0.137. The second kappa shape index (κ2) is 13.9. The quantitative estimate of drug-likeness (QED) is 0.180. The number of benzene rings is 3. The van der Waals surface area contributed by atoms with E-state index in [1.54, 1.807) is 6.07 Å². The number of halogens is 3. The molecule has 1 aromatic heterocycles. The predicted octanol–water partition coefficient (Wildman–Crippen LogP) is 7.86. The van der Waals surface area contributed by atoms with E-state index in [0.29, 0.717) is 12.1 Å². The highest BCUT2D eigenvalue weighted by atomic mass is 19.4. The second-order valence-corrected chi connectivity index (χ2v) is 10.7. The molecule has 0 saturated heterocycles. The van der Waals surface area contributed by atoms with Gasteiger partial charge in [0.2, 0.25) is 5.91 Å². The summed E-state index contributed by atoms with van der Waals surface area (Å²) in [6, 6.07) is 23.3. The molecule has 0 unspecified atom stereocenters. The van der Waals surface area contributed by atoms with Crippen molar-refractivity contribution in [1.29, 1.82) is 0 Å². The fourth-order valence-corrected chi connectivity index (χ4v) is 5.56. The topological polar surface area (TPSA) is 37.3 Å². The van der Waals surface area contributed by atoms with Gasteiger partial charge in [0.25, 0.3) is 0 Å². The Bertz CT molecular complexity index is 1410. The van der Waals surface area contributed by atoms with Crippen molar-refractivity contribution in [3.8, 4) is 0 Å². The number of para-hydroxylation sites is 1.